The maximum atomic E-state index is 12.6. The molecule has 2 amide bonds. The number of piperazine rings is 1. The van der Waals surface area contributed by atoms with E-state index in [2.05, 4.69) is 41.4 Å². The van der Waals surface area contributed by atoms with Crippen LogP contribution in [0.3, 0.4) is 0 Å². The Kier molecular flexibility index (Phi) is 5.51. The lowest BCUT2D eigenvalue weighted by atomic mass is 10.2. The first-order valence-electron chi connectivity index (χ1n) is 8.70. The number of ether oxygens (including phenoxy) is 2. The van der Waals surface area contributed by atoms with E-state index in [1.165, 1.54) is 11.3 Å². The number of methoxy groups -OCH3 is 2. The maximum Gasteiger partial charge on any atom is 0.322 e. The molecule has 2 aromatic rings. The third-order valence-electron chi connectivity index (χ3n) is 4.62. The fourth-order valence-corrected chi connectivity index (χ4v) is 3.02. The van der Waals surface area contributed by atoms with E-state index in [4.69, 9.17) is 9.47 Å². The van der Waals surface area contributed by atoms with Crippen LogP contribution in [0.4, 0.5) is 16.2 Å². The highest BCUT2D eigenvalue weighted by Crippen LogP contribution is 2.29. The Balaban J connectivity index is 1.59. The number of carbonyl (C=O) groups excluding carboxylic acids is 1. The molecule has 0 aliphatic carbocycles. The summed E-state index contributed by atoms with van der Waals surface area (Å²) in [6, 6.07) is 13.7. The number of hydrogen-bond donors (Lipinski definition) is 1. The normalized spacial score (nSPS) is 14.1. The molecule has 0 unspecified atom stereocenters. The molecule has 2 aromatic carbocycles. The highest BCUT2D eigenvalue weighted by atomic mass is 16.5. The van der Waals surface area contributed by atoms with E-state index >= 15 is 0 Å². The molecule has 0 saturated carbocycles. The third-order valence-corrected chi connectivity index (χ3v) is 4.62. The molecule has 1 aliphatic heterocycles. The average molecular weight is 355 g/mol. The molecule has 0 bridgehead atoms. The predicted molar refractivity (Wildman–Crippen MR) is 104 cm³/mol. The summed E-state index contributed by atoms with van der Waals surface area (Å²) >= 11 is 0. The van der Waals surface area contributed by atoms with Gasteiger partial charge in [-0.25, -0.2) is 4.79 Å². The van der Waals surface area contributed by atoms with Crippen molar-refractivity contribution in [3.8, 4) is 11.5 Å². The van der Waals surface area contributed by atoms with Gasteiger partial charge < -0.3 is 24.6 Å². The van der Waals surface area contributed by atoms with Crippen molar-refractivity contribution in [2.45, 2.75) is 6.92 Å². The SMILES string of the molecule is COc1ccc(NC(=O)N2CCN(c3ccc(C)cc3)CC2)c(OC)c1. The van der Waals surface area contributed by atoms with Crippen molar-refractivity contribution in [1.29, 1.82) is 0 Å². The van der Waals surface area contributed by atoms with Crippen molar-refractivity contribution in [3.05, 3.63) is 48.0 Å². The number of nitrogens with one attached hydrogen (secondary N) is 1. The first kappa shape index (κ1) is 17.9. The Morgan fingerprint density at radius 1 is 0.962 bits per heavy atom. The van der Waals surface area contributed by atoms with Gasteiger partial charge in [-0.3, -0.25) is 0 Å². The molecule has 0 atom stereocenters. The van der Waals surface area contributed by atoms with E-state index in [1.807, 2.05) is 4.90 Å². The van der Waals surface area contributed by atoms with Crippen LogP contribution in [0.5, 0.6) is 11.5 Å². The number of rotatable bonds is 4. The van der Waals surface area contributed by atoms with Crippen LogP contribution in [-0.4, -0.2) is 51.3 Å². The second-order valence-electron chi connectivity index (χ2n) is 6.31. The zero-order valence-corrected chi connectivity index (χ0v) is 15.5. The Morgan fingerprint density at radius 3 is 2.27 bits per heavy atom. The lowest BCUT2D eigenvalue weighted by Crippen LogP contribution is -2.50. The van der Waals surface area contributed by atoms with Crippen molar-refractivity contribution in [2.24, 2.45) is 0 Å². The van der Waals surface area contributed by atoms with Gasteiger partial charge in [0, 0.05) is 37.9 Å². The smallest absolute Gasteiger partial charge is 0.322 e. The second-order valence-corrected chi connectivity index (χ2v) is 6.31. The van der Waals surface area contributed by atoms with Gasteiger partial charge in [0.2, 0.25) is 0 Å². The van der Waals surface area contributed by atoms with E-state index in [-0.39, 0.29) is 6.03 Å². The summed E-state index contributed by atoms with van der Waals surface area (Å²) in [5.74, 6) is 1.27. The molecule has 1 N–H and O–H groups in total. The molecule has 0 radical (unpaired) electrons. The van der Waals surface area contributed by atoms with Crippen molar-refractivity contribution >= 4 is 17.4 Å². The van der Waals surface area contributed by atoms with Gasteiger partial charge >= 0.3 is 6.03 Å². The number of anilines is 2. The summed E-state index contributed by atoms with van der Waals surface area (Å²) in [5, 5.41) is 2.93. The fourth-order valence-electron chi connectivity index (χ4n) is 3.02. The lowest BCUT2D eigenvalue weighted by Gasteiger charge is -2.36. The van der Waals surface area contributed by atoms with Crippen LogP contribution in [0.25, 0.3) is 0 Å². The van der Waals surface area contributed by atoms with E-state index in [0.29, 0.717) is 30.3 Å². The molecule has 26 heavy (non-hydrogen) atoms. The number of nitrogens with zero attached hydrogens (tertiary/aromatic N) is 2. The largest absolute Gasteiger partial charge is 0.497 e. The molecule has 1 heterocycles. The van der Waals surface area contributed by atoms with Gasteiger partial charge in [0.15, 0.2) is 0 Å². The van der Waals surface area contributed by atoms with Crippen molar-refractivity contribution in [2.75, 3.05) is 50.6 Å². The van der Waals surface area contributed by atoms with E-state index in [9.17, 15) is 4.79 Å². The highest BCUT2D eigenvalue weighted by molar-refractivity contribution is 5.91. The number of benzene rings is 2. The van der Waals surface area contributed by atoms with Gasteiger partial charge in [-0.15, -0.1) is 0 Å². The zero-order chi connectivity index (χ0) is 18.5. The van der Waals surface area contributed by atoms with Crippen LogP contribution >= 0.6 is 0 Å². The summed E-state index contributed by atoms with van der Waals surface area (Å²) in [6.45, 7) is 5.07. The van der Waals surface area contributed by atoms with E-state index in [0.717, 1.165) is 13.1 Å². The Morgan fingerprint density at radius 2 is 1.65 bits per heavy atom. The van der Waals surface area contributed by atoms with Gasteiger partial charge in [-0.05, 0) is 31.2 Å². The Labute approximate surface area is 154 Å². The Bertz CT molecular complexity index is 753. The molecule has 138 valence electrons. The van der Waals surface area contributed by atoms with Gasteiger partial charge in [0.05, 0.1) is 19.9 Å². The first-order chi connectivity index (χ1) is 12.6. The van der Waals surface area contributed by atoms with Crippen LogP contribution in [-0.2, 0) is 0 Å². The molecule has 3 rings (SSSR count). The van der Waals surface area contributed by atoms with Crippen LogP contribution in [0, 0.1) is 6.92 Å². The number of carbonyl (C=O) groups is 1. The van der Waals surface area contributed by atoms with Gasteiger partial charge in [-0.2, -0.15) is 0 Å². The maximum absolute atomic E-state index is 12.6. The van der Waals surface area contributed by atoms with E-state index in [1.54, 1.807) is 32.4 Å². The summed E-state index contributed by atoms with van der Waals surface area (Å²) in [7, 11) is 3.17. The number of urea groups is 1. The van der Waals surface area contributed by atoms with E-state index < -0.39 is 0 Å². The molecule has 1 saturated heterocycles. The second kappa shape index (κ2) is 7.99. The molecule has 1 fully saturated rings. The Hall–Kier alpha value is -2.89. The quantitative estimate of drug-likeness (QED) is 0.914. The van der Waals surface area contributed by atoms with Crippen LogP contribution in [0.15, 0.2) is 42.5 Å². The average Bonchev–Trinajstić information content (AvgIpc) is 2.69. The van der Waals surface area contributed by atoms with Crippen molar-refractivity contribution < 1.29 is 14.3 Å². The molecule has 1 aliphatic rings. The topological polar surface area (TPSA) is 54.0 Å². The monoisotopic (exact) mass is 355 g/mol. The highest BCUT2D eigenvalue weighted by Gasteiger charge is 2.22. The minimum Gasteiger partial charge on any atom is -0.497 e. The summed E-state index contributed by atoms with van der Waals surface area (Å²) in [6.07, 6.45) is 0. The minimum atomic E-state index is -0.114. The number of amides is 2. The van der Waals surface area contributed by atoms with Gasteiger partial charge in [0.25, 0.3) is 0 Å². The minimum absolute atomic E-state index is 0.114. The number of hydrogen-bond acceptors (Lipinski definition) is 4. The molecular weight excluding hydrogens is 330 g/mol. The lowest BCUT2D eigenvalue weighted by molar-refractivity contribution is 0.208. The summed E-state index contributed by atoms with van der Waals surface area (Å²) in [4.78, 5) is 16.7. The third kappa shape index (κ3) is 4.02. The predicted octanol–water partition coefficient (Wildman–Crippen LogP) is 3.37. The molecule has 0 spiro atoms. The van der Waals surface area contributed by atoms with Crippen LogP contribution < -0.4 is 19.7 Å². The molecule has 6 nitrogen and oxygen atoms in total. The molecule has 0 aromatic heterocycles. The number of aryl methyl sites for hydroxylation is 1. The van der Waals surface area contributed by atoms with Crippen molar-refractivity contribution in [3.63, 3.8) is 0 Å². The molecule has 6 heteroatoms. The zero-order valence-electron chi connectivity index (χ0n) is 15.5. The van der Waals surface area contributed by atoms with Crippen molar-refractivity contribution in [1.82, 2.24) is 4.90 Å². The molecular formula is C20H25N3O3. The van der Waals surface area contributed by atoms with Crippen LogP contribution in [0.1, 0.15) is 5.56 Å². The van der Waals surface area contributed by atoms with Gasteiger partial charge in [0.1, 0.15) is 11.5 Å². The van der Waals surface area contributed by atoms with Gasteiger partial charge in [-0.1, -0.05) is 17.7 Å². The standard InChI is InChI=1S/C20H25N3O3/c1-15-4-6-16(7-5-15)22-10-12-23(13-11-22)20(24)21-18-9-8-17(25-2)14-19(18)26-3/h4-9,14H,10-13H2,1-3H3,(H,21,24). The summed E-state index contributed by atoms with van der Waals surface area (Å²) in [5.41, 5.74) is 3.09. The van der Waals surface area contributed by atoms with Crippen LogP contribution in [0.2, 0.25) is 0 Å². The summed E-state index contributed by atoms with van der Waals surface area (Å²) < 4.78 is 10.5. The first-order valence-corrected chi connectivity index (χ1v) is 8.70. The fraction of sp³-hybridized carbons (Fsp3) is 0.350.